The molecule has 2 aromatic rings. The smallest absolute Gasteiger partial charge is 0.119 e. The van der Waals surface area contributed by atoms with Gasteiger partial charge in [0.15, 0.2) is 0 Å². The molecule has 1 N–H and O–H groups in total. The zero-order chi connectivity index (χ0) is 14.7. The maximum absolute atomic E-state index is 10.8. The molecule has 0 aromatic heterocycles. The summed E-state index contributed by atoms with van der Waals surface area (Å²) in [5, 5.41) is 10.8. The number of aliphatic hydroxyl groups excluding tert-OH is 1. The lowest BCUT2D eigenvalue weighted by molar-refractivity contribution is 0.105. The SMILES string of the molecule is COc1cccc(C[C@@H]2CCCc3ccccc3[C@H]2O)c1. The van der Waals surface area contributed by atoms with Gasteiger partial charge in [0, 0.05) is 0 Å². The van der Waals surface area contributed by atoms with Gasteiger partial charge in [-0.25, -0.2) is 0 Å². The second-order valence-electron chi connectivity index (χ2n) is 5.85. The summed E-state index contributed by atoms with van der Waals surface area (Å²) >= 11 is 0. The molecule has 1 aliphatic rings. The first-order valence-corrected chi connectivity index (χ1v) is 7.66. The second kappa shape index (κ2) is 6.31. The first-order valence-electron chi connectivity index (χ1n) is 7.66. The van der Waals surface area contributed by atoms with E-state index in [2.05, 4.69) is 30.3 Å². The van der Waals surface area contributed by atoms with Crippen molar-refractivity contribution in [1.82, 2.24) is 0 Å². The van der Waals surface area contributed by atoms with Crippen LogP contribution in [0.25, 0.3) is 0 Å². The number of hydrogen-bond donors (Lipinski definition) is 1. The number of fused-ring (bicyclic) bond motifs is 1. The molecule has 0 fully saturated rings. The van der Waals surface area contributed by atoms with Crippen LogP contribution in [0, 0.1) is 5.92 Å². The fourth-order valence-electron chi connectivity index (χ4n) is 3.33. The van der Waals surface area contributed by atoms with E-state index in [9.17, 15) is 5.11 Å². The molecule has 0 saturated carbocycles. The van der Waals surface area contributed by atoms with Crippen LogP contribution < -0.4 is 4.74 Å². The summed E-state index contributed by atoms with van der Waals surface area (Å²) in [4.78, 5) is 0. The van der Waals surface area contributed by atoms with Crippen molar-refractivity contribution in [2.24, 2.45) is 5.92 Å². The maximum atomic E-state index is 10.8. The molecule has 0 saturated heterocycles. The van der Waals surface area contributed by atoms with Gasteiger partial charge in [-0.2, -0.15) is 0 Å². The molecule has 0 aliphatic heterocycles. The lowest BCUT2D eigenvalue weighted by Gasteiger charge is -2.22. The Balaban J connectivity index is 1.82. The highest BCUT2D eigenvalue weighted by atomic mass is 16.5. The van der Waals surface area contributed by atoms with Gasteiger partial charge < -0.3 is 9.84 Å². The molecule has 0 amide bonds. The molecular formula is C19H22O2. The molecule has 2 atom stereocenters. The lowest BCUT2D eigenvalue weighted by atomic mass is 9.88. The van der Waals surface area contributed by atoms with Gasteiger partial charge in [-0.05, 0) is 60.4 Å². The Labute approximate surface area is 126 Å². The van der Waals surface area contributed by atoms with Crippen LogP contribution in [0.4, 0.5) is 0 Å². The third-order valence-electron chi connectivity index (χ3n) is 4.47. The molecule has 0 spiro atoms. The third-order valence-corrected chi connectivity index (χ3v) is 4.47. The molecule has 0 heterocycles. The van der Waals surface area contributed by atoms with Crippen molar-refractivity contribution in [3.8, 4) is 5.75 Å². The van der Waals surface area contributed by atoms with Crippen molar-refractivity contribution in [3.63, 3.8) is 0 Å². The number of ether oxygens (including phenoxy) is 1. The van der Waals surface area contributed by atoms with E-state index in [1.54, 1.807) is 7.11 Å². The summed E-state index contributed by atoms with van der Waals surface area (Å²) in [7, 11) is 1.69. The van der Waals surface area contributed by atoms with Gasteiger partial charge in [-0.1, -0.05) is 36.4 Å². The number of rotatable bonds is 3. The summed E-state index contributed by atoms with van der Waals surface area (Å²) in [5.41, 5.74) is 3.65. The van der Waals surface area contributed by atoms with Gasteiger partial charge in [0.05, 0.1) is 13.2 Å². The molecule has 1 aliphatic carbocycles. The number of benzene rings is 2. The Kier molecular flexibility index (Phi) is 4.26. The predicted octanol–water partition coefficient (Wildman–Crippen LogP) is 3.92. The van der Waals surface area contributed by atoms with Gasteiger partial charge in [-0.15, -0.1) is 0 Å². The van der Waals surface area contributed by atoms with Gasteiger partial charge >= 0.3 is 0 Å². The van der Waals surface area contributed by atoms with Gasteiger partial charge in [0.2, 0.25) is 0 Å². The normalized spacial score (nSPS) is 21.4. The van der Waals surface area contributed by atoms with Crippen LogP contribution >= 0.6 is 0 Å². The van der Waals surface area contributed by atoms with Crippen molar-refractivity contribution >= 4 is 0 Å². The van der Waals surface area contributed by atoms with Crippen LogP contribution in [0.15, 0.2) is 48.5 Å². The Morgan fingerprint density at radius 2 is 2.00 bits per heavy atom. The number of aliphatic hydroxyl groups is 1. The van der Waals surface area contributed by atoms with E-state index in [1.165, 1.54) is 11.1 Å². The average molecular weight is 282 g/mol. The Bertz CT molecular complexity index is 606. The molecule has 2 aromatic carbocycles. The summed E-state index contributed by atoms with van der Waals surface area (Å²) in [5.74, 6) is 1.16. The van der Waals surface area contributed by atoms with Crippen molar-refractivity contribution in [1.29, 1.82) is 0 Å². The van der Waals surface area contributed by atoms with Crippen LogP contribution in [0.3, 0.4) is 0 Å². The zero-order valence-electron chi connectivity index (χ0n) is 12.5. The fourth-order valence-corrected chi connectivity index (χ4v) is 3.33. The molecular weight excluding hydrogens is 260 g/mol. The molecule has 0 unspecified atom stereocenters. The predicted molar refractivity (Wildman–Crippen MR) is 84.5 cm³/mol. The highest BCUT2D eigenvalue weighted by Crippen LogP contribution is 2.35. The molecule has 3 rings (SSSR count). The summed E-state index contributed by atoms with van der Waals surface area (Å²) in [6.07, 6.45) is 3.81. The molecule has 110 valence electrons. The van der Waals surface area contributed by atoms with E-state index in [0.29, 0.717) is 0 Å². The van der Waals surface area contributed by atoms with Crippen LogP contribution in [-0.4, -0.2) is 12.2 Å². The second-order valence-corrected chi connectivity index (χ2v) is 5.85. The van der Waals surface area contributed by atoms with E-state index < -0.39 is 0 Å². The largest absolute Gasteiger partial charge is 0.497 e. The lowest BCUT2D eigenvalue weighted by Crippen LogP contribution is -2.14. The average Bonchev–Trinajstić information content (AvgIpc) is 2.68. The Morgan fingerprint density at radius 3 is 2.86 bits per heavy atom. The first-order chi connectivity index (χ1) is 10.3. The minimum Gasteiger partial charge on any atom is -0.497 e. The van der Waals surface area contributed by atoms with Crippen molar-refractivity contribution in [3.05, 3.63) is 65.2 Å². The standard InChI is InChI=1S/C19H22O2/c1-21-17-10-4-6-14(13-17)12-16-9-5-8-15-7-2-3-11-18(15)19(16)20/h2-4,6-7,10-11,13,16,19-20H,5,8-9,12H2,1H3/t16-,19-/m0/s1. The quantitative estimate of drug-likeness (QED) is 0.865. The zero-order valence-corrected chi connectivity index (χ0v) is 12.5. The third kappa shape index (κ3) is 3.11. The number of hydrogen-bond acceptors (Lipinski definition) is 2. The first kappa shape index (κ1) is 14.2. The van der Waals surface area contributed by atoms with E-state index in [0.717, 1.165) is 37.0 Å². The van der Waals surface area contributed by atoms with Crippen LogP contribution in [0.2, 0.25) is 0 Å². The van der Waals surface area contributed by atoms with Gasteiger partial charge in [0.25, 0.3) is 0 Å². The van der Waals surface area contributed by atoms with E-state index in [-0.39, 0.29) is 12.0 Å². The maximum Gasteiger partial charge on any atom is 0.119 e. The topological polar surface area (TPSA) is 29.5 Å². The Hall–Kier alpha value is -1.80. The fraction of sp³-hybridized carbons (Fsp3) is 0.368. The van der Waals surface area contributed by atoms with E-state index >= 15 is 0 Å². The minimum atomic E-state index is -0.366. The molecule has 0 bridgehead atoms. The van der Waals surface area contributed by atoms with Crippen molar-refractivity contribution in [2.45, 2.75) is 31.8 Å². The van der Waals surface area contributed by atoms with E-state index in [4.69, 9.17) is 4.74 Å². The highest BCUT2D eigenvalue weighted by molar-refractivity contribution is 5.32. The Morgan fingerprint density at radius 1 is 1.14 bits per heavy atom. The minimum absolute atomic E-state index is 0.278. The van der Waals surface area contributed by atoms with Crippen molar-refractivity contribution < 1.29 is 9.84 Å². The monoisotopic (exact) mass is 282 g/mol. The number of aryl methyl sites for hydroxylation is 1. The summed E-state index contributed by atoms with van der Waals surface area (Å²) < 4.78 is 5.29. The molecule has 21 heavy (non-hydrogen) atoms. The number of methoxy groups -OCH3 is 1. The van der Waals surface area contributed by atoms with Gasteiger partial charge in [0.1, 0.15) is 5.75 Å². The van der Waals surface area contributed by atoms with E-state index in [1.807, 2.05) is 18.2 Å². The molecule has 2 heteroatoms. The highest BCUT2D eigenvalue weighted by Gasteiger charge is 2.25. The van der Waals surface area contributed by atoms with Crippen LogP contribution in [-0.2, 0) is 12.8 Å². The summed E-state index contributed by atoms with van der Waals surface area (Å²) in [6.45, 7) is 0. The molecule has 2 nitrogen and oxygen atoms in total. The van der Waals surface area contributed by atoms with Crippen LogP contribution in [0.1, 0.15) is 35.6 Å². The van der Waals surface area contributed by atoms with Crippen LogP contribution in [0.5, 0.6) is 5.75 Å². The molecule has 0 radical (unpaired) electrons. The van der Waals surface area contributed by atoms with Crippen molar-refractivity contribution in [2.75, 3.05) is 7.11 Å². The summed E-state index contributed by atoms with van der Waals surface area (Å²) in [6, 6.07) is 16.5. The van der Waals surface area contributed by atoms with Gasteiger partial charge in [-0.3, -0.25) is 0 Å².